The summed E-state index contributed by atoms with van der Waals surface area (Å²) in [5, 5.41) is 4.23. The Hall–Kier alpha value is -2.79. The highest BCUT2D eigenvalue weighted by Crippen LogP contribution is 2.12. The lowest BCUT2D eigenvalue weighted by atomic mass is 10.1. The molecule has 3 rings (SSSR count). The molecule has 0 saturated carbocycles. The van der Waals surface area contributed by atoms with Crippen LogP contribution in [0, 0.1) is 0 Å². The number of hydrogen-bond donors (Lipinski definition) is 1. The van der Waals surface area contributed by atoms with Gasteiger partial charge in [-0.3, -0.25) is 19.8 Å². The molecule has 0 amide bonds. The molecule has 1 N–H and O–H groups in total. The monoisotopic (exact) mass is 312 g/mol. The van der Waals surface area contributed by atoms with E-state index in [1.165, 1.54) is 12.1 Å². The summed E-state index contributed by atoms with van der Waals surface area (Å²) >= 11 is 5.77. The Bertz CT molecular complexity index is 1070. The predicted molar refractivity (Wildman–Crippen MR) is 85.8 cm³/mol. The van der Waals surface area contributed by atoms with Gasteiger partial charge in [0.15, 0.2) is 5.36 Å². The maximum atomic E-state index is 12.3. The zero-order valence-electron chi connectivity index (χ0n) is 11.2. The Kier molecular flexibility index (Phi) is 3.56. The van der Waals surface area contributed by atoms with Gasteiger partial charge < -0.3 is 0 Å². The quantitative estimate of drug-likeness (QED) is 0.573. The van der Waals surface area contributed by atoms with Crippen LogP contribution in [0.25, 0.3) is 10.8 Å². The number of fused-ring (bicyclic) bond motifs is 1. The molecule has 0 bridgehead atoms. The average Bonchev–Trinajstić information content (AvgIpc) is 2.54. The standard InChI is InChI=1S/C16H9ClN2O3/c17-9-5-7-10(8-6-9)18-19-13-14(20)11-3-1-2-4-12(11)15(21)16(13)22/h1-8,18H. The van der Waals surface area contributed by atoms with E-state index in [1.54, 1.807) is 36.4 Å². The van der Waals surface area contributed by atoms with Crippen molar-refractivity contribution in [3.63, 3.8) is 0 Å². The Morgan fingerprint density at radius 1 is 0.773 bits per heavy atom. The summed E-state index contributed by atoms with van der Waals surface area (Å²) < 4.78 is 0. The number of anilines is 1. The van der Waals surface area contributed by atoms with Crippen LogP contribution in [0.5, 0.6) is 0 Å². The van der Waals surface area contributed by atoms with E-state index in [0.717, 1.165) is 0 Å². The minimum atomic E-state index is -0.912. The fraction of sp³-hybridized carbons (Fsp3) is 0. The highest BCUT2D eigenvalue weighted by atomic mass is 35.5. The fourth-order valence-electron chi connectivity index (χ4n) is 2.09. The summed E-state index contributed by atoms with van der Waals surface area (Å²) in [7, 11) is 0. The SMILES string of the molecule is O=c1c(=NNc2ccc(Cl)cc2)c(=O)c2ccccc2c1=O. The summed E-state index contributed by atoms with van der Waals surface area (Å²) in [6.45, 7) is 0. The van der Waals surface area contributed by atoms with Gasteiger partial charge in [0.2, 0.25) is 10.9 Å². The van der Waals surface area contributed by atoms with Crippen LogP contribution in [-0.2, 0) is 0 Å². The van der Waals surface area contributed by atoms with E-state index >= 15 is 0 Å². The van der Waals surface area contributed by atoms with Gasteiger partial charge in [-0.25, -0.2) is 0 Å². The van der Waals surface area contributed by atoms with Crippen molar-refractivity contribution in [3.05, 3.63) is 89.6 Å². The van der Waals surface area contributed by atoms with Crippen LogP contribution in [0.1, 0.15) is 0 Å². The van der Waals surface area contributed by atoms with Crippen molar-refractivity contribution in [2.45, 2.75) is 0 Å². The maximum Gasteiger partial charge on any atom is 0.257 e. The molecule has 6 heteroatoms. The highest BCUT2D eigenvalue weighted by Gasteiger charge is 2.10. The Morgan fingerprint density at radius 3 is 2.00 bits per heavy atom. The normalized spacial score (nSPS) is 11.8. The Labute approximate surface area is 128 Å². The van der Waals surface area contributed by atoms with E-state index in [-0.39, 0.29) is 10.8 Å². The molecule has 3 aromatic rings. The van der Waals surface area contributed by atoms with Gasteiger partial charge in [-0.2, -0.15) is 5.10 Å². The van der Waals surface area contributed by atoms with Gasteiger partial charge >= 0.3 is 0 Å². The molecule has 0 spiro atoms. The topological polar surface area (TPSA) is 75.6 Å². The summed E-state index contributed by atoms with van der Waals surface area (Å²) in [5.74, 6) is 0. The van der Waals surface area contributed by atoms with Crippen molar-refractivity contribution in [1.29, 1.82) is 0 Å². The predicted octanol–water partition coefficient (Wildman–Crippen LogP) is 1.38. The minimum absolute atomic E-state index is 0.114. The fourth-order valence-corrected chi connectivity index (χ4v) is 2.21. The first-order valence-electron chi connectivity index (χ1n) is 6.40. The Balaban J connectivity index is 2.21. The second-order valence-corrected chi connectivity index (χ2v) is 5.05. The molecule has 0 radical (unpaired) electrons. The summed E-state index contributed by atoms with van der Waals surface area (Å²) in [4.78, 5) is 36.3. The molecule has 0 atom stereocenters. The van der Waals surface area contributed by atoms with Gasteiger partial charge in [0.25, 0.3) is 5.43 Å². The van der Waals surface area contributed by atoms with Crippen molar-refractivity contribution in [2.75, 3.05) is 5.43 Å². The van der Waals surface area contributed by atoms with Crippen LogP contribution in [0.3, 0.4) is 0 Å². The molecule has 108 valence electrons. The van der Waals surface area contributed by atoms with Gasteiger partial charge in [0.1, 0.15) is 0 Å². The Morgan fingerprint density at radius 2 is 1.36 bits per heavy atom. The van der Waals surface area contributed by atoms with E-state index in [2.05, 4.69) is 10.5 Å². The van der Waals surface area contributed by atoms with Crippen molar-refractivity contribution in [3.8, 4) is 0 Å². The number of nitrogens with zero attached hydrogens (tertiary/aromatic N) is 1. The van der Waals surface area contributed by atoms with E-state index in [0.29, 0.717) is 10.7 Å². The molecular formula is C16H9ClN2O3. The van der Waals surface area contributed by atoms with Gasteiger partial charge in [-0.05, 0) is 24.3 Å². The third-order valence-electron chi connectivity index (χ3n) is 3.19. The number of hydrogen-bond acceptors (Lipinski definition) is 5. The van der Waals surface area contributed by atoms with E-state index in [4.69, 9.17) is 11.6 Å². The summed E-state index contributed by atoms with van der Waals surface area (Å²) in [6, 6.07) is 12.7. The van der Waals surface area contributed by atoms with E-state index in [1.807, 2.05) is 0 Å². The van der Waals surface area contributed by atoms with Crippen LogP contribution in [0.4, 0.5) is 5.69 Å². The first-order chi connectivity index (χ1) is 10.6. The van der Waals surface area contributed by atoms with Gasteiger partial charge in [-0.15, -0.1) is 0 Å². The maximum absolute atomic E-state index is 12.3. The third kappa shape index (κ3) is 2.42. The molecular weight excluding hydrogens is 304 g/mol. The minimum Gasteiger partial charge on any atom is -0.287 e. The van der Waals surface area contributed by atoms with Gasteiger partial charge in [0.05, 0.1) is 5.69 Å². The zero-order valence-corrected chi connectivity index (χ0v) is 11.9. The van der Waals surface area contributed by atoms with E-state index < -0.39 is 21.6 Å². The van der Waals surface area contributed by atoms with Crippen LogP contribution >= 0.6 is 11.6 Å². The molecule has 0 fully saturated rings. The highest BCUT2D eigenvalue weighted by molar-refractivity contribution is 6.30. The van der Waals surface area contributed by atoms with Crippen molar-refractivity contribution in [2.24, 2.45) is 5.10 Å². The van der Waals surface area contributed by atoms with E-state index in [9.17, 15) is 14.4 Å². The molecule has 0 aliphatic rings. The molecule has 0 saturated heterocycles. The summed E-state index contributed by atoms with van der Waals surface area (Å²) in [5.41, 5.74) is 0.925. The van der Waals surface area contributed by atoms with Crippen LogP contribution in [0.15, 0.2) is 68.0 Å². The molecule has 0 heterocycles. The largest absolute Gasteiger partial charge is 0.287 e. The first-order valence-corrected chi connectivity index (χ1v) is 6.78. The lowest BCUT2D eigenvalue weighted by Crippen LogP contribution is -2.48. The van der Waals surface area contributed by atoms with Crippen molar-refractivity contribution in [1.82, 2.24) is 0 Å². The molecule has 22 heavy (non-hydrogen) atoms. The average molecular weight is 313 g/mol. The molecule has 0 aromatic heterocycles. The second kappa shape index (κ2) is 5.54. The lowest BCUT2D eigenvalue weighted by molar-refractivity contribution is 1.17. The molecule has 3 aromatic carbocycles. The molecule has 0 aliphatic carbocycles. The lowest BCUT2D eigenvalue weighted by Gasteiger charge is -1.99. The number of benzene rings is 3. The van der Waals surface area contributed by atoms with Crippen LogP contribution in [-0.4, -0.2) is 0 Å². The summed E-state index contributed by atoms with van der Waals surface area (Å²) in [6.07, 6.45) is 0. The molecule has 0 aliphatic heterocycles. The van der Waals surface area contributed by atoms with Crippen LogP contribution < -0.4 is 27.1 Å². The zero-order chi connectivity index (χ0) is 15.7. The molecule has 5 nitrogen and oxygen atoms in total. The third-order valence-corrected chi connectivity index (χ3v) is 3.45. The van der Waals surface area contributed by atoms with Gasteiger partial charge in [0, 0.05) is 15.8 Å². The smallest absolute Gasteiger partial charge is 0.257 e. The number of nitrogens with one attached hydrogen (secondary N) is 1. The van der Waals surface area contributed by atoms with Gasteiger partial charge in [-0.1, -0.05) is 35.9 Å². The van der Waals surface area contributed by atoms with Crippen molar-refractivity contribution >= 4 is 28.1 Å². The van der Waals surface area contributed by atoms with Crippen LogP contribution in [0.2, 0.25) is 5.02 Å². The van der Waals surface area contributed by atoms with Crippen molar-refractivity contribution < 1.29 is 0 Å². The number of rotatable bonds is 2. The molecule has 0 unspecified atom stereocenters. The number of halogens is 1. The second-order valence-electron chi connectivity index (χ2n) is 4.61. The first kappa shape index (κ1) is 14.2.